The second-order valence-electron chi connectivity index (χ2n) is 6.28. The lowest BCUT2D eigenvalue weighted by molar-refractivity contribution is -0.136. The summed E-state index contributed by atoms with van der Waals surface area (Å²) in [6.45, 7) is 0.427. The lowest BCUT2D eigenvalue weighted by Gasteiger charge is -2.29. The van der Waals surface area contributed by atoms with E-state index < -0.39 is 12.1 Å². The fraction of sp³-hybridized carbons (Fsp3) is 0.353. The maximum atomic E-state index is 12.4. The van der Waals surface area contributed by atoms with E-state index in [2.05, 4.69) is 36.5 Å². The third-order valence-electron chi connectivity index (χ3n) is 4.36. The van der Waals surface area contributed by atoms with E-state index in [1.54, 1.807) is 0 Å². The fourth-order valence-corrected chi connectivity index (χ4v) is 3.43. The molecule has 26 heavy (non-hydrogen) atoms. The zero-order valence-corrected chi connectivity index (χ0v) is 15.7. The molecule has 2 amide bonds. The van der Waals surface area contributed by atoms with Crippen LogP contribution < -0.4 is 22.1 Å². The van der Waals surface area contributed by atoms with Crippen LogP contribution in [-0.4, -0.2) is 41.4 Å². The van der Waals surface area contributed by atoms with Crippen molar-refractivity contribution in [2.75, 3.05) is 6.54 Å². The molecule has 7 N–H and O–H groups in total. The van der Waals surface area contributed by atoms with Gasteiger partial charge >= 0.3 is 0 Å². The number of nitrogens with two attached hydrogens (primary N) is 2. The lowest BCUT2D eigenvalue weighted by Crippen LogP contribution is -2.62. The Morgan fingerprint density at radius 2 is 1.88 bits per heavy atom. The first-order valence-electron chi connectivity index (χ1n) is 8.35. The predicted molar refractivity (Wildman–Crippen MR) is 103 cm³/mol. The predicted octanol–water partition coefficient (Wildman–Crippen LogP) is 0.510. The fourth-order valence-electron chi connectivity index (χ4n) is 3.07. The van der Waals surface area contributed by atoms with E-state index in [9.17, 15) is 9.59 Å². The number of aliphatic imine (C=N–C) groups is 1. The number of aromatic nitrogens is 1. The van der Waals surface area contributed by atoms with Crippen LogP contribution in [0.3, 0.4) is 0 Å². The number of amides is 2. The molecule has 0 bridgehead atoms. The number of carbonyl (C=O) groups is 2. The van der Waals surface area contributed by atoms with Crippen molar-refractivity contribution in [1.82, 2.24) is 15.6 Å². The first kappa shape index (κ1) is 18.2. The number of carbonyl (C=O) groups excluding carboxylic acids is 2. The maximum absolute atomic E-state index is 12.4. The number of H-pyrrole nitrogens is 1. The summed E-state index contributed by atoms with van der Waals surface area (Å²) in [6.07, 6.45) is 3.40. The standard InChI is InChI=1S/C17H21BrN6O2/c18-10-3-4-11-9(8-22-13(11)7-10)6-14-16(26)23-12(15(25)24-14)2-1-5-21-17(19)20/h3-4,7-8,12,14,22H,1-2,5-6H2,(H,23,26)(H,24,25)(H4,19,20,21). The number of hydrogen-bond acceptors (Lipinski definition) is 3. The Labute approximate surface area is 158 Å². The topological polar surface area (TPSA) is 138 Å². The minimum absolute atomic E-state index is 0.0213. The average molecular weight is 421 g/mol. The molecule has 2 aromatic rings. The Balaban J connectivity index is 1.61. The highest BCUT2D eigenvalue weighted by Crippen LogP contribution is 2.23. The third kappa shape index (κ3) is 4.16. The Morgan fingerprint density at radius 3 is 2.65 bits per heavy atom. The zero-order chi connectivity index (χ0) is 18.7. The largest absolute Gasteiger partial charge is 0.370 e. The minimum Gasteiger partial charge on any atom is -0.370 e. The highest BCUT2D eigenvalue weighted by molar-refractivity contribution is 9.10. The van der Waals surface area contributed by atoms with Gasteiger partial charge in [-0.1, -0.05) is 22.0 Å². The molecule has 1 aromatic heterocycles. The number of nitrogens with zero attached hydrogens (tertiary/aromatic N) is 1. The van der Waals surface area contributed by atoms with Gasteiger partial charge in [0.1, 0.15) is 12.1 Å². The van der Waals surface area contributed by atoms with Crippen molar-refractivity contribution in [2.24, 2.45) is 16.5 Å². The quantitative estimate of drug-likeness (QED) is 0.264. The summed E-state index contributed by atoms with van der Waals surface area (Å²) in [5.74, 6) is -0.335. The van der Waals surface area contributed by atoms with Gasteiger partial charge in [-0.3, -0.25) is 14.6 Å². The van der Waals surface area contributed by atoms with E-state index in [0.717, 1.165) is 20.9 Å². The molecule has 2 atom stereocenters. The zero-order valence-electron chi connectivity index (χ0n) is 14.1. The summed E-state index contributed by atoms with van der Waals surface area (Å²) in [5, 5.41) is 6.65. The van der Waals surface area contributed by atoms with Crippen molar-refractivity contribution in [3.05, 3.63) is 34.4 Å². The van der Waals surface area contributed by atoms with Gasteiger partial charge in [0.25, 0.3) is 0 Å². The molecule has 2 heterocycles. The summed E-state index contributed by atoms with van der Waals surface area (Å²) >= 11 is 3.43. The normalized spacial score (nSPS) is 19.9. The van der Waals surface area contributed by atoms with Gasteiger partial charge in [-0.15, -0.1) is 0 Å². The van der Waals surface area contributed by atoms with E-state index in [1.807, 2.05) is 24.4 Å². The van der Waals surface area contributed by atoms with Crippen molar-refractivity contribution in [1.29, 1.82) is 0 Å². The van der Waals surface area contributed by atoms with Crippen LogP contribution in [0.2, 0.25) is 0 Å². The summed E-state index contributed by atoms with van der Waals surface area (Å²) in [5.41, 5.74) is 12.5. The average Bonchev–Trinajstić information content (AvgIpc) is 2.97. The molecule has 0 radical (unpaired) electrons. The Hall–Kier alpha value is -2.55. The molecule has 1 aliphatic rings. The number of halogens is 1. The number of guanidine groups is 1. The SMILES string of the molecule is NC(N)=NCCCC1NC(=O)C(Cc2c[nH]c3cc(Br)ccc23)NC1=O. The second-order valence-corrected chi connectivity index (χ2v) is 7.19. The van der Waals surface area contributed by atoms with Crippen LogP contribution >= 0.6 is 15.9 Å². The van der Waals surface area contributed by atoms with E-state index in [0.29, 0.717) is 25.8 Å². The van der Waals surface area contributed by atoms with Gasteiger partial charge in [-0.25, -0.2) is 0 Å². The molecular weight excluding hydrogens is 400 g/mol. The number of rotatable bonds is 6. The highest BCUT2D eigenvalue weighted by Gasteiger charge is 2.33. The van der Waals surface area contributed by atoms with Gasteiger partial charge < -0.3 is 27.1 Å². The van der Waals surface area contributed by atoms with E-state index in [4.69, 9.17) is 11.5 Å². The number of aromatic amines is 1. The monoisotopic (exact) mass is 420 g/mol. The highest BCUT2D eigenvalue weighted by atomic mass is 79.9. The molecule has 8 nitrogen and oxygen atoms in total. The van der Waals surface area contributed by atoms with Crippen LogP contribution in [0.15, 0.2) is 33.9 Å². The summed E-state index contributed by atoms with van der Waals surface area (Å²) in [6, 6.07) is 4.78. The third-order valence-corrected chi connectivity index (χ3v) is 4.86. The maximum Gasteiger partial charge on any atom is 0.243 e. The smallest absolute Gasteiger partial charge is 0.243 e. The molecule has 0 spiro atoms. The molecule has 0 aliphatic carbocycles. The van der Waals surface area contributed by atoms with Crippen LogP contribution in [0.1, 0.15) is 18.4 Å². The molecule has 3 rings (SSSR count). The first-order chi connectivity index (χ1) is 12.4. The van der Waals surface area contributed by atoms with Crippen LogP contribution in [0, 0.1) is 0 Å². The molecule has 0 saturated carbocycles. The number of fused-ring (bicyclic) bond motifs is 1. The van der Waals surface area contributed by atoms with E-state index >= 15 is 0 Å². The summed E-state index contributed by atoms with van der Waals surface area (Å²) in [4.78, 5) is 31.8. The number of hydrogen-bond donors (Lipinski definition) is 5. The van der Waals surface area contributed by atoms with Crippen molar-refractivity contribution < 1.29 is 9.59 Å². The molecule has 1 aromatic carbocycles. The summed E-state index contributed by atoms with van der Waals surface area (Å²) < 4.78 is 0.977. The van der Waals surface area contributed by atoms with Crippen LogP contribution in [0.4, 0.5) is 0 Å². The van der Waals surface area contributed by atoms with Crippen molar-refractivity contribution in [3.8, 4) is 0 Å². The van der Waals surface area contributed by atoms with E-state index in [1.165, 1.54) is 0 Å². The van der Waals surface area contributed by atoms with Crippen molar-refractivity contribution in [3.63, 3.8) is 0 Å². The Kier molecular flexibility index (Phi) is 5.46. The Bertz CT molecular complexity index is 858. The number of benzene rings is 1. The molecule has 1 saturated heterocycles. The van der Waals surface area contributed by atoms with Gasteiger partial charge in [-0.05, 0) is 30.5 Å². The van der Waals surface area contributed by atoms with Crippen LogP contribution in [0.5, 0.6) is 0 Å². The van der Waals surface area contributed by atoms with E-state index in [-0.39, 0.29) is 17.8 Å². The lowest BCUT2D eigenvalue weighted by atomic mass is 10.00. The molecule has 1 aliphatic heterocycles. The second kappa shape index (κ2) is 7.77. The van der Waals surface area contributed by atoms with Gasteiger partial charge in [-0.2, -0.15) is 0 Å². The Morgan fingerprint density at radius 1 is 1.15 bits per heavy atom. The number of nitrogens with one attached hydrogen (secondary N) is 3. The van der Waals surface area contributed by atoms with Crippen LogP contribution in [0.25, 0.3) is 10.9 Å². The number of piperazine rings is 1. The van der Waals surface area contributed by atoms with Gasteiger partial charge in [0.05, 0.1) is 0 Å². The van der Waals surface area contributed by atoms with Gasteiger partial charge in [0.15, 0.2) is 5.96 Å². The first-order valence-corrected chi connectivity index (χ1v) is 9.15. The van der Waals surface area contributed by atoms with Crippen molar-refractivity contribution >= 4 is 44.6 Å². The van der Waals surface area contributed by atoms with Gasteiger partial charge in [0, 0.05) is 34.5 Å². The molecule has 9 heteroatoms. The summed E-state index contributed by atoms with van der Waals surface area (Å²) in [7, 11) is 0. The van der Waals surface area contributed by atoms with Crippen LogP contribution in [-0.2, 0) is 16.0 Å². The molecular formula is C17H21BrN6O2. The molecule has 1 fully saturated rings. The minimum atomic E-state index is -0.584. The van der Waals surface area contributed by atoms with Crippen molar-refractivity contribution in [2.45, 2.75) is 31.3 Å². The molecule has 2 unspecified atom stereocenters. The molecule has 138 valence electrons. The van der Waals surface area contributed by atoms with Gasteiger partial charge in [0.2, 0.25) is 11.8 Å².